The second-order valence-electron chi connectivity index (χ2n) is 7.00. The van der Waals surface area contributed by atoms with Gasteiger partial charge in [-0.2, -0.15) is 0 Å². The molecule has 0 amide bonds. The molecule has 2 aromatic rings. The Morgan fingerprint density at radius 3 is 3.07 bits per heavy atom. The minimum Gasteiger partial charge on any atom is -0.379 e. The highest BCUT2D eigenvalue weighted by Crippen LogP contribution is 2.19. The van der Waals surface area contributed by atoms with Crippen molar-refractivity contribution in [2.24, 2.45) is 4.99 Å². The van der Waals surface area contributed by atoms with Gasteiger partial charge in [0.25, 0.3) is 0 Å². The summed E-state index contributed by atoms with van der Waals surface area (Å²) in [7, 11) is 0. The first-order valence-corrected chi connectivity index (χ1v) is 10.2. The summed E-state index contributed by atoms with van der Waals surface area (Å²) in [5.41, 5.74) is 2.06. The Morgan fingerprint density at radius 1 is 1.38 bits per heavy atom. The Labute approximate surface area is 189 Å². The van der Waals surface area contributed by atoms with E-state index in [0.717, 1.165) is 67.8 Å². The fourth-order valence-electron chi connectivity index (χ4n) is 3.36. The molecule has 1 aliphatic heterocycles. The quantitative estimate of drug-likeness (QED) is 0.195. The highest BCUT2D eigenvalue weighted by atomic mass is 127. The Hall–Kier alpha value is -1.39. The number of hydrogen-bond acceptors (Lipinski definition) is 3. The summed E-state index contributed by atoms with van der Waals surface area (Å²) in [6, 6.07) is 4.83. The Kier molecular flexibility index (Phi) is 10.7. The topological polar surface area (TPSA) is 70.7 Å². The predicted molar refractivity (Wildman–Crippen MR) is 126 cm³/mol. The van der Waals surface area contributed by atoms with Crippen LogP contribution in [0.25, 0.3) is 10.9 Å². The molecule has 0 bridgehead atoms. The second kappa shape index (κ2) is 13.0. The number of hydrogen-bond donors (Lipinski definition) is 3. The van der Waals surface area contributed by atoms with Crippen LogP contribution in [0.4, 0.5) is 4.39 Å². The van der Waals surface area contributed by atoms with Crippen LogP contribution in [0.3, 0.4) is 0 Å². The molecule has 3 N–H and O–H groups in total. The van der Waals surface area contributed by atoms with E-state index in [1.54, 1.807) is 12.1 Å². The van der Waals surface area contributed by atoms with Gasteiger partial charge in [-0.25, -0.2) is 4.39 Å². The number of rotatable bonds is 10. The van der Waals surface area contributed by atoms with Gasteiger partial charge in [-0.15, -0.1) is 24.0 Å². The molecule has 0 spiro atoms. The number of nitrogens with one attached hydrogen (secondary N) is 3. The molecule has 1 aromatic heterocycles. The molecule has 8 heteroatoms. The van der Waals surface area contributed by atoms with Crippen LogP contribution in [0.2, 0.25) is 0 Å². The number of aromatic amines is 1. The molecule has 1 atom stereocenters. The molecule has 0 radical (unpaired) electrons. The van der Waals surface area contributed by atoms with Crippen molar-refractivity contribution in [2.75, 3.05) is 39.5 Å². The second-order valence-corrected chi connectivity index (χ2v) is 7.00. The van der Waals surface area contributed by atoms with Crippen molar-refractivity contribution in [1.29, 1.82) is 0 Å². The molecule has 162 valence electrons. The van der Waals surface area contributed by atoms with Crippen molar-refractivity contribution in [3.8, 4) is 0 Å². The van der Waals surface area contributed by atoms with Crippen LogP contribution in [0.15, 0.2) is 29.4 Å². The summed E-state index contributed by atoms with van der Waals surface area (Å²) in [5, 5.41) is 7.54. The number of halogens is 2. The van der Waals surface area contributed by atoms with Crippen molar-refractivity contribution < 1.29 is 13.9 Å². The molecular formula is C21H32FIN4O2. The third kappa shape index (κ3) is 7.75. The molecule has 2 heterocycles. The Morgan fingerprint density at radius 2 is 2.28 bits per heavy atom. The number of nitrogens with zero attached hydrogens (tertiary/aromatic N) is 1. The molecule has 1 aliphatic rings. The van der Waals surface area contributed by atoms with E-state index >= 15 is 0 Å². The minimum atomic E-state index is -0.210. The van der Waals surface area contributed by atoms with E-state index in [0.29, 0.717) is 19.8 Å². The monoisotopic (exact) mass is 518 g/mol. The van der Waals surface area contributed by atoms with Crippen molar-refractivity contribution in [3.63, 3.8) is 0 Å². The highest BCUT2D eigenvalue weighted by Gasteiger charge is 2.14. The third-order valence-corrected chi connectivity index (χ3v) is 4.80. The fraction of sp³-hybridized carbons (Fsp3) is 0.571. The van der Waals surface area contributed by atoms with Crippen molar-refractivity contribution in [2.45, 2.75) is 38.7 Å². The number of aromatic nitrogens is 1. The normalized spacial score (nSPS) is 16.8. The molecule has 6 nitrogen and oxygen atoms in total. The predicted octanol–water partition coefficient (Wildman–Crippen LogP) is 3.61. The first-order valence-electron chi connectivity index (χ1n) is 10.2. The van der Waals surface area contributed by atoms with E-state index < -0.39 is 0 Å². The van der Waals surface area contributed by atoms with Crippen LogP contribution in [0.5, 0.6) is 0 Å². The first-order chi connectivity index (χ1) is 13.8. The number of fused-ring (bicyclic) bond motifs is 1. The minimum absolute atomic E-state index is 0. The van der Waals surface area contributed by atoms with Crippen molar-refractivity contribution >= 4 is 40.8 Å². The highest BCUT2D eigenvalue weighted by molar-refractivity contribution is 14.0. The molecule has 1 unspecified atom stereocenters. The Bertz CT molecular complexity index is 762. The van der Waals surface area contributed by atoms with Gasteiger partial charge in [0.1, 0.15) is 5.82 Å². The molecule has 1 aromatic carbocycles. The van der Waals surface area contributed by atoms with Crippen LogP contribution in [0, 0.1) is 5.82 Å². The lowest BCUT2D eigenvalue weighted by atomic mass is 10.1. The van der Waals surface area contributed by atoms with E-state index in [-0.39, 0.29) is 35.9 Å². The fourth-order valence-corrected chi connectivity index (χ4v) is 3.36. The average Bonchev–Trinajstić information content (AvgIpc) is 3.34. The zero-order chi connectivity index (χ0) is 19.6. The number of guanidine groups is 1. The maximum absolute atomic E-state index is 13.5. The average molecular weight is 518 g/mol. The first kappa shape index (κ1) is 23.9. The van der Waals surface area contributed by atoms with Crippen molar-refractivity contribution in [3.05, 3.63) is 35.8 Å². The summed E-state index contributed by atoms with van der Waals surface area (Å²) in [6.45, 7) is 6.54. The smallest absolute Gasteiger partial charge is 0.191 e. The maximum Gasteiger partial charge on any atom is 0.191 e. The van der Waals surface area contributed by atoms with E-state index in [2.05, 4.69) is 20.6 Å². The zero-order valence-corrected chi connectivity index (χ0v) is 19.3. The van der Waals surface area contributed by atoms with Crippen LogP contribution in [-0.2, 0) is 15.9 Å². The largest absolute Gasteiger partial charge is 0.379 e. The van der Waals surface area contributed by atoms with Crippen LogP contribution < -0.4 is 10.6 Å². The summed E-state index contributed by atoms with van der Waals surface area (Å²) >= 11 is 0. The third-order valence-electron chi connectivity index (χ3n) is 4.80. The Balaban J connectivity index is 0.00000300. The molecule has 0 aliphatic carbocycles. The lowest BCUT2D eigenvalue weighted by Gasteiger charge is -2.12. The van der Waals surface area contributed by atoms with Gasteiger partial charge in [-0.1, -0.05) is 0 Å². The lowest BCUT2D eigenvalue weighted by molar-refractivity contribution is 0.0171. The molecule has 0 saturated carbocycles. The van der Waals surface area contributed by atoms with E-state index in [1.807, 2.05) is 13.1 Å². The van der Waals surface area contributed by atoms with Gasteiger partial charge < -0.3 is 25.1 Å². The van der Waals surface area contributed by atoms with E-state index in [4.69, 9.17) is 9.47 Å². The number of benzene rings is 1. The van der Waals surface area contributed by atoms with E-state index in [9.17, 15) is 4.39 Å². The van der Waals surface area contributed by atoms with Crippen LogP contribution >= 0.6 is 24.0 Å². The van der Waals surface area contributed by atoms with Gasteiger partial charge in [-0.05, 0) is 56.4 Å². The number of H-pyrrole nitrogens is 1. The molecular weight excluding hydrogens is 486 g/mol. The van der Waals surface area contributed by atoms with Crippen LogP contribution in [-0.4, -0.2) is 56.5 Å². The molecule has 3 rings (SSSR count). The molecule has 1 fully saturated rings. The zero-order valence-electron chi connectivity index (χ0n) is 17.0. The van der Waals surface area contributed by atoms with E-state index in [1.165, 1.54) is 6.07 Å². The number of aliphatic imine (C=N–C) groups is 1. The van der Waals surface area contributed by atoms with Crippen molar-refractivity contribution in [1.82, 2.24) is 15.6 Å². The van der Waals surface area contributed by atoms with Gasteiger partial charge in [0.05, 0.1) is 12.7 Å². The van der Waals surface area contributed by atoms with Crippen LogP contribution in [0.1, 0.15) is 31.7 Å². The van der Waals surface area contributed by atoms with Gasteiger partial charge >= 0.3 is 0 Å². The van der Waals surface area contributed by atoms with Gasteiger partial charge in [0, 0.05) is 49.9 Å². The summed E-state index contributed by atoms with van der Waals surface area (Å²) < 4.78 is 24.7. The summed E-state index contributed by atoms with van der Waals surface area (Å²) in [6.07, 6.45) is 6.14. The van der Waals surface area contributed by atoms with Gasteiger partial charge in [-0.3, -0.25) is 4.99 Å². The molecule has 1 saturated heterocycles. The summed E-state index contributed by atoms with van der Waals surface area (Å²) in [5.74, 6) is 0.588. The van der Waals surface area contributed by atoms with Gasteiger partial charge in [0.15, 0.2) is 5.96 Å². The SMILES string of the molecule is CCNC(=NCCCOCC1CCCO1)NCCc1c[nH]c2ccc(F)cc12.I. The maximum atomic E-state index is 13.5. The summed E-state index contributed by atoms with van der Waals surface area (Å²) in [4.78, 5) is 7.78. The lowest BCUT2D eigenvalue weighted by Crippen LogP contribution is -2.38. The van der Waals surface area contributed by atoms with Gasteiger partial charge in [0.2, 0.25) is 0 Å². The standard InChI is InChI=1S/C21H31FN4O2.HI/c1-2-23-21(24-9-4-11-27-15-18-5-3-12-28-18)25-10-8-16-14-26-20-7-6-17(22)13-19(16)20;/h6-7,13-14,18,26H,2-5,8-12,15H2,1H3,(H2,23,24,25);1H. The molecule has 29 heavy (non-hydrogen) atoms. The number of ether oxygens (including phenoxy) is 2.